The first-order chi connectivity index (χ1) is 10.8. The van der Waals surface area contributed by atoms with Crippen molar-refractivity contribution in [2.75, 3.05) is 45.8 Å². The molecule has 2 heterocycles. The first-order valence-corrected chi connectivity index (χ1v) is 8.37. The molecule has 0 aliphatic carbocycles. The Hall–Kier alpha value is -1.23. The summed E-state index contributed by atoms with van der Waals surface area (Å²) in [6, 6.07) is 10.6. The summed E-state index contributed by atoms with van der Waals surface area (Å²) in [6.07, 6.45) is 1.75. The summed E-state index contributed by atoms with van der Waals surface area (Å²) in [5, 5.41) is 3.28. The third-order valence-corrected chi connectivity index (χ3v) is 4.67. The molecule has 0 bridgehead atoms. The zero-order valence-electron chi connectivity index (χ0n) is 13.2. The van der Waals surface area contributed by atoms with Gasteiger partial charge in [-0.1, -0.05) is 30.3 Å². The van der Waals surface area contributed by atoms with Gasteiger partial charge in [0, 0.05) is 32.7 Å². The van der Waals surface area contributed by atoms with E-state index in [4.69, 9.17) is 0 Å². The number of hydrogen-bond donors (Lipinski definition) is 1. The Bertz CT molecular complexity index is 484. The Kier molecular flexibility index (Phi) is 5.59. The molecule has 0 saturated carbocycles. The van der Waals surface area contributed by atoms with Crippen molar-refractivity contribution >= 4 is 0 Å². The van der Waals surface area contributed by atoms with Gasteiger partial charge in [-0.15, -0.1) is 0 Å². The van der Waals surface area contributed by atoms with Gasteiger partial charge in [-0.25, -0.2) is 4.39 Å². The summed E-state index contributed by atoms with van der Waals surface area (Å²) in [5.41, 5.74) is 2.39. The average molecular weight is 303 g/mol. The molecule has 0 aromatic heterocycles. The third-order valence-electron chi connectivity index (χ3n) is 4.67. The normalized spacial score (nSPS) is 21.0. The molecule has 4 heteroatoms. The molecule has 3 nitrogen and oxygen atoms in total. The highest BCUT2D eigenvalue weighted by Crippen LogP contribution is 2.18. The fourth-order valence-corrected chi connectivity index (χ4v) is 3.26. The van der Waals surface area contributed by atoms with Crippen LogP contribution in [0.3, 0.4) is 0 Å². The topological polar surface area (TPSA) is 18.5 Å². The molecule has 0 radical (unpaired) electrons. The van der Waals surface area contributed by atoms with Crippen molar-refractivity contribution in [1.29, 1.82) is 0 Å². The van der Waals surface area contributed by atoms with Crippen LogP contribution in [-0.4, -0.2) is 55.6 Å². The molecule has 2 saturated heterocycles. The smallest absolute Gasteiger partial charge is 0.113 e. The van der Waals surface area contributed by atoms with Crippen LogP contribution in [0.4, 0.5) is 4.39 Å². The fourth-order valence-electron chi connectivity index (χ4n) is 3.26. The maximum Gasteiger partial charge on any atom is 0.113 e. The highest BCUT2D eigenvalue weighted by molar-refractivity contribution is 5.15. The van der Waals surface area contributed by atoms with E-state index < -0.39 is 0 Å². The third kappa shape index (κ3) is 4.38. The van der Waals surface area contributed by atoms with Crippen LogP contribution in [0, 0.1) is 0 Å². The SMILES string of the molecule is FC(CN1CCN(Cc2ccccc2)CC1)=C1CCNCC1. The molecule has 0 amide bonds. The predicted octanol–water partition coefficient (Wildman–Crippen LogP) is 2.41. The van der Waals surface area contributed by atoms with E-state index >= 15 is 0 Å². The van der Waals surface area contributed by atoms with E-state index in [-0.39, 0.29) is 5.83 Å². The Morgan fingerprint density at radius 3 is 2.27 bits per heavy atom. The molecule has 120 valence electrons. The van der Waals surface area contributed by atoms with Gasteiger partial charge in [0.05, 0.1) is 6.54 Å². The molecular formula is C18H26FN3. The second-order valence-corrected chi connectivity index (χ2v) is 6.30. The molecule has 2 fully saturated rings. The van der Waals surface area contributed by atoms with Gasteiger partial charge in [-0.2, -0.15) is 0 Å². The van der Waals surface area contributed by atoms with Gasteiger partial charge < -0.3 is 5.32 Å². The standard InChI is InChI=1S/C18H26FN3/c19-18(17-6-8-20-9-7-17)15-22-12-10-21(11-13-22)14-16-4-2-1-3-5-16/h1-5,20H,6-15H2. The van der Waals surface area contributed by atoms with Gasteiger partial charge in [-0.05, 0) is 37.1 Å². The molecule has 0 unspecified atom stereocenters. The van der Waals surface area contributed by atoms with Gasteiger partial charge in [0.1, 0.15) is 5.83 Å². The van der Waals surface area contributed by atoms with Crippen LogP contribution in [0.2, 0.25) is 0 Å². The largest absolute Gasteiger partial charge is 0.316 e. The quantitative estimate of drug-likeness (QED) is 0.921. The lowest BCUT2D eigenvalue weighted by molar-refractivity contribution is 0.129. The summed E-state index contributed by atoms with van der Waals surface area (Å²) in [5.74, 6) is 0.123. The lowest BCUT2D eigenvalue weighted by Crippen LogP contribution is -2.46. The van der Waals surface area contributed by atoms with Crippen LogP contribution < -0.4 is 5.32 Å². The Balaban J connectivity index is 1.45. The van der Waals surface area contributed by atoms with E-state index in [1.54, 1.807) is 0 Å². The maximum atomic E-state index is 14.3. The molecule has 1 N–H and O–H groups in total. The first kappa shape index (κ1) is 15.7. The lowest BCUT2D eigenvalue weighted by Gasteiger charge is -2.34. The number of rotatable bonds is 4. The van der Waals surface area contributed by atoms with Crippen molar-refractivity contribution in [1.82, 2.24) is 15.1 Å². The predicted molar refractivity (Wildman–Crippen MR) is 88.4 cm³/mol. The number of nitrogens with zero attached hydrogens (tertiary/aromatic N) is 2. The van der Waals surface area contributed by atoms with E-state index in [9.17, 15) is 4.39 Å². The van der Waals surface area contributed by atoms with E-state index in [2.05, 4.69) is 45.4 Å². The molecule has 1 aromatic carbocycles. The fraction of sp³-hybridized carbons (Fsp3) is 0.556. The Labute approximate surface area is 132 Å². The van der Waals surface area contributed by atoms with Crippen molar-refractivity contribution in [3.63, 3.8) is 0 Å². The Morgan fingerprint density at radius 2 is 1.59 bits per heavy atom. The van der Waals surface area contributed by atoms with E-state index in [0.29, 0.717) is 6.54 Å². The molecular weight excluding hydrogens is 277 g/mol. The van der Waals surface area contributed by atoms with E-state index in [0.717, 1.165) is 64.2 Å². The molecule has 0 spiro atoms. The van der Waals surface area contributed by atoms with Crippen LogP contribution in [0.15, 0.2) is 41.7 Å². The summed E-state index contributed by atoms with van der Waals surface area (Å²) in [4.78, 5) is 4.72. The van der Waals surface area contributed by atoms with Crippen LogP contribution >= 0.6 is 0 Å². The van der Waals surface area contributed by atoms with Crippen molar-refractivity contribution in [2.45, 2.75) is 19.4 Å². The van der Waals surface area contributed by atoms with Gasteiger partial charge in [-0.3, -0.25) is 9.80 Å². The number of nitrogens with one attached hydrogen (secondary N) is 1. The number of piperazine rings is 1. The summed E-state index contributed by atoms with van der Waals surface area (Å²) < 4.78 is 14.3. The minimum absolute atomic E-state index is 0.123. The monoisotopic (exact) mass is 303 g/mol. The van der Waals surface area contributed by atoms with E-state index in [1.165, 1.54) is 5.56 Å². The van der Waals surface area contributed by atoms with E-state index in [1.807, 2.05) is 0 Å². The number of piperidine rings is 1. The average Bonchev–Trinajstić information content (AvgIpc) is 2.58. The van der Waals surface area contributed by atoms with Gasteiger partial charge in [0.15, 0.2) is 0 Å². The van der Waals surface area contributed by atoms with Crippen molar-refractivity contribution in [3.05, 3.63) is 47.3 Å². The van der Waals surface area contributed by atoms with Crippen molar-refractivity contribution < 1.29 is 4.39 Å². The molecule has 22 heavy (non-hydrogen) atoms. The van der Waals surface area contributed by atoms with Gasteiger partial charge in [0.2, 0.25) is 0 Å². The van der Waals surface area contributed by atoms with Gasteiger partial charge >= 0.3 is 0 Å². The summed E-state index contributed by atoms with van der Waals surface area (Å²) in [7, 11) is 0. The van der Waals surface area contributed by atoms with Crippen LogP contribution in [-0.2, 0) is 6.54 Å². The Morgan fingerprint density at radius 1 is 0.955 bits per heavy atom. The van der Waals surface area contributed by atoms with Crippen LogP contribution in [0.25, 0.3) is 0 Å². The second-order valence-electron chi connectivity index (χ2n) is 6.30. The first-order valence-electron chi connectivity index (χ1n) is 8.37. The van der Waals surface area contributed by atoms with Crippen LogP contribution in [0.5, 0.6) is 0 Å². The zero-order valence-corrected chi connectivity index (χ0v) is 13.2. The van der Waals surface area contributed by atoms with Crippen molar-refractivity contribution in [2.24, 2.45) is 0 Å². The van der Waals surface area contributed by atoms with Crippen molar-refractivity contribution in [3.8, 4) is 0 Å². The second kappa shape index (κ2) is 7.86. The summed E-state index contributed by atoms with van der Waals surface area (Å²) >= 11 is 0. The van der Waals surface area contributed by atoms with Gasteiger partial charge in [0.25, 0.3) is 0 Å². The lowest BCUT2D eigenvalue weighted by atomic mass is 10.0. The molecule has 2 aliphatic rings. The number of hydrogen-bond acceptors (Lipinski definition) is 3. The number of halogens is 1. The minimum atomic E-state index is 0.123. The minimum Gasteiger partial charge on any atom is -0.316 e. The molecule has 1 aromatic rings. The molecule has 0 atom stereocenters. The summed E-state index contributed by atoms with van der Waals surface area (Å²) in [6.45, 7) is 7.34. The highest BCUT2D eigenvalue weighted by atomic mass is 19.1. The number of benzene rings is 1. The maximum absolute atomic E-state index is 14.3. The molecule has 3 rings (SSSR count). The molecule has 2 aliphatic heterocycles. The van der Waals surface area contributed by atoms with Crippen LogP contribution in [0.1, 0.15) is 18.4 Å². The highest BCUT2D eigenvalue weighted by Gasteiger charge is 2.19. The zero-order chi connectivity index (χ0) is 15.2.